The van der Waals surface area contributed by atoms with Gasteiger partial charge in [-0.25, -0.2) is 19.1 Å². The zero-order valence-electron chi connectivity index (χ0n) is 19.9. The van der Waals surface area contributed by atoms with E-state index in [-0.39, 0.29) is 12.6 Å². The molecule has 7 heteroatoms. The molecule has 0 unspecified atom stereocenters. The van der Waals surface area contributed by atoms with Crippen LogP contribution < -0.4 is 5.32 Å². The van der Waals surface area contributed by atoms with E-state index in [4.69, 9.17) is 9.47 Å². The highest BCUT2D eigenvalue weighted by molar-refractivity contribution is 5.89. The number of hydrogen-bond acceptors (Lipinski definition) is 5. The van der Waals surface area contributed by atoms with Crippen molar-refractivity contribution in [2.75, 3.05) is 11.9 Å². The quantitative estimate of drug-likeness (QED) is 0.369. The number of aromatic nitrogens is 2. The zero-order chi connectivity index (χ0) is 24.6. The molecule has 7 nitrogen and oxygen atoms in total. The molecule has 1 amide bonds. The van der Waals surface area contributed by atoms with Crippen LogP contribution >= 0.6 is 0 Å². The molecule has 2 aromatic carbocycles. The first-order chi connectivity index (χ1) is 16.3. The minimum Gasteiger partial charge on any atom is -0.449 e. The van der Waals surface area contributed by atoms with Crippen LogP contribution in [0.1, 0.15) is 51.7 Å². The van der Waals surface area contributed by atoms with Gasteiger partial charge in [-0.15, -0.1) is 0 Å². The fourth-order valence-electron chi connectivity index (χ4n) is 3.04. The van der Waals surface area contributed by atoms with Gasteiger partial charge in [0.05, 0.1) is 18.5 Å². The lowest BCUT2D eigenvalue weighted by Gasteiger charge is -2.21. The van der Waals surface area contributed by atoms with E-state index < -0.39 is 17.8 Å². The first-order valence-corrected chi connectivity index (χ1v) is 11.2. The second-order valence-corrected chi connectivity index (χ2v) is 8.56. The van der Waals surface area contributed by atoms with E-state index in [0.29, 0.717) is 16.8 Å². The molecule has 0 radical (unpaired) electrons. The van der Waals surface area contributed by atoms with Crippen LogP contribution in [0.5, 0.6) is 0 Å². The van der Waals surface area contributed by atoms with Crippen LogP contribution in [0.15, 0.2) is 60.8 Å². The summed E-state index contributed by atoms with van der Waals surface area (Å²) >= 11 is 0. The number of nitrogens with one attached hydrogen (secondary N) is 1. The molecule has 0 fully saturated rings. The van der Waals surface area contributed by atoms with Crippen molar-refractivity contribution in [1.82, 2.24) is 9.55 Å². The number of benzene rings is 2. The molecular formula is C27H29N3O4. The molecule has 1 N–H and O–H groups in total. The normalized spacial score (nSPS) is 10.7. The van der Waals surface area contributed by atoms with Crippen LogP contribution in [0.25, 0.3) is 11.3 Å². The minimum absolute atomic E-state index is 0.0107. The fraction of sp³-hybridized carbons (Fsp3) is 0.296. The molecule has 0 aliphatic rings. The van der Waals surface area contributed by atoms with Gasteiger partial charge in [0.1, 0.15) is 5.60 Å². The number of carbonyl (C=O) groups excluding carboxylic acids is 2. The van der Waals surface area contributed by atoms with Crippen molar-refractivity contribution in [1.29, 1.82) is 0 Å². The molecule has 1 heterocycles. The Kier molecular flexibility index (Phi) is 8.10. The van der Waals surface area contributed by atoms with E-state index in [1.165, 1.54) is 10.8 Å². The summed E-state index contributed by atoms with van der Waals surface area (Å²) in [6.07, 6.45) is 1.79. The molecular weight excluding hydrogens is 430 g/mol. The van der Waals surface area contributed by atoms with Gasteiger partial charge in [0.2, 0.25) is 5.95 Å². The van der Waals surface area contributed by atoms with Gasteiger partial charge in [0.15, 0.2) is 0 Å². The van der Waals surface area contributed by atoms with Gasteiger partial charge in [-0.1, -0.05) is 61.6 Å². The Balaban J connectivity index is 2.02. The van der Waals surface area contributed by atoms with Gasteiger partial charge in [-0.2, -0.15) is 0 Å². The average Bonchev–Trinajstić information content (AvgIpc) is 3.21. The monoisotopic (exact) mass is 459 g/mol. The van der Waals surface area contributed by atoms with Crippen LogP contribution in [0, 0.1) is 11.8 Å². The van der Waals surface area contributed by atoms with Crippen LogP contribution in [0.3, 0.4) is 0 Å². The number of anilines is 1. The molecule has 1 aromatic heterocycles. The maximum absolute atomic E-state index is 13.1. The van der Waals surface area contributed by atoms with E-state index >= 15 is 0 Å². The number of amides is 1. The van der Waals surface area contributed by atoms with E-state index in [1.54, 1.807) is 20.8 Å². The molecule has 0 spiro atoms. The summed E-state index contributed by atoms with van der Waals surface area (Å²) in [7, 11) is 0. The van der Waals surface area contributed by atoms with Gasteiger partial charge < -0.3 is 9.47 Å². The Morgan fingerprint density at radius 3 is 2.44 bits per heavy atom. The van der Waals surface area contributed by atoms with Crippen molar-refractivity contribution in [2.24, 2.45) is 0 Å². The Hall–Kier alpha value is -4.05. The number of rotatable bonds is 5. The maximum atomic E-state index is 13.1. The predicted octanol–water partition coefficient (Wildman–Crippen LogP) is 6.08. The highest BCUT2D eigenvalue weighted by atomic mass is 16.6. The molecule has 34 heavy (non-hydrogen) atoms. The third-order valence-electron chi connectivity index (χ3n) is 4.60. The largest absolute Gasteiger partial charge is 0.449 e. The van der Waals surface area contributed by atoms with Gasteiger partial charge >= 0.3 is 12.2 Å². The summed E-state index contributed by atoms with van der Waals surface area (Å²) in [5.41, 5.74) is 1.94. The van der Waals surface area contributed by atoms with Gasteiger partial charge in [-0.05, 0) is 45.4 Å². The third-order valence-corrected chi connectivity index (χ3v) is 4.60. The van der Waals surface area contributed by atoms with Crippen molar-refractivity contribution in [3.05, 3.63) is 71.9 Å². The lowest BCUT2D eigenvalue weighted by atomic mass is 10.0. The third kappa shape index (κ3) is 6.72. The van der Waals surface area contributed by atoms with Crippen molar-refractivity contribution >= 4 is 18.1 Å². The Bertz CT molecular complexity index is 1200. The summed E-state index contributed by atoms with van der Waals surface area (Å²) < 4.78 is 12.0. The van der Waals surface area contributed by atoms with E-state index in [0.717, 1.165) is 18.4 Å². The smallest absolute Gasteiger partial charge is 0.421 e. The summed E-state index contributed by atoms with van der Waals surface area (Å²) in [4.78, 5) is 29.7. The van der Waals surface area contributed by atoms with Crippen molar-refractivity contribution in [3.63, 3.8) is 0 Å². The molecule has 0 saturated heterocycles. The Morgan fingerprint density at radius 1 is 1.03 bits per heavy atom. The second-order valence-electron chi connectivity index (χ2n) is 8.56. The molecule has 176 valence electrons. The second kappa shape index (κ2) is 11.2. The standard InChI is InChI=1S/C27H29N3O4/c1-5-6-18-33-25(31)29-24-28-19-23(30(24)26(32)34-27(2,3)4)22-15-11-10-14-21(22)17-16-20-12-8-7-9-13-20/h7-15,19H,5-6,18H2,1-4H3,(H,28,29,31). The average molecular weight is 460 g/mol. The highest BCUT2D eigenvalue weighted by Gasteiger charge is 2.26. The molecule has 0 saturated carbocycles. The van der Waals surface area contributed by atoms with E-state index in [1.807, 2.05) is 61.5 Å². The lowest BCUT2D eigenvalue weighted by Crippen LogP contribution is -2.29. The number of imidazole rings is 1. The van der Waals surface area contributed by atoms with Crippen LogP contribution in [-0.4, -0.2) is 33.9 Å². The van der Waals surface area contributed by atoms with E-state index in [2.05, 4.69) is 22.1 Å². The molecule has 0 atom stereocenters. The number of hydrogen-bond donors (Lipinski definition) is 1. The van der Waals surface area contributed by atoms with Gasteiger partial charge in [0, 0.05) is 16.7 Å². The summed E-state index contributed by atoms with van der Waals surface area (Å²) in [6, 6.07) is 17.1. The van der Waals surface area contributed by atoms with Gasteiger partial charge in [-0.3, -0.25) is 5.32 Å². The topological polar surface area (TPSA) is 82.5 Å². The SMILES string of the molecule is CCCCOC(=O)Nc1ncc(-c2ccccc2C#Cc2ccccc2)n1C(=O)OC(C)(C)C. The minimum atomic E-state index is -0.746. The van der Waals surface area contributed by atoms with Gasteiger partial charge in [0.25, 0.3) is 0 Å². The summed E-state index contributed by atoms with van der Waals surface area (Å²) in [6.45, 7) is 7.59. The summed E-state index contributed by atoms with van der Waals surface area (Å²) in [5.74, 6) is 6.32. The number of carbonyl (C=O) groups is 2. The first-order valence-electron chi connectivity index (χ1n) is 11.2. The van der Waals surface area contributed by atoms with Crippen molar-refractivity contribution < 1.29 is 19.1 Å². The van der Waals surface area contributed by atoms with Crippen LogP contribution in [0.4, 0.5) is 15.5 Å². The predicted molar refractivity (Wildman–Crippen MR) is 132 cm³/mol. The molecule has 0 aliphatic heterocycles. The lowest BCUT2D eigenvalue weighted by molar-refractivity contribution is 0.0543. The Labute approximate surface area is 200 Å². The van der Waals surface area contributed by atoms with Crippen molar-refractivity contribution in [3.8, 4) is 23.1 Å². The molecule has 0 bridgehead atoms. The fourth-order valence-corrected chi connectivity index (χ4v) is 3.04. The van der Waals surface area contributed by atoms with Crippen LogP contribution in [-0.2, 0) is 9.47 Å². The molecule has 0 aliphatic carbocycles. The molecule has 3 rings (SSSR count). The zero-order valence-corrected chi connectivity index (χ0v) is 19.9. The molecule has 3 aromatic rings. The highest BCUT2D eigenvalue weighted by Crippen LogP contribution is 2.28. The van der Waals surface area contributed by atoms with Crippen LogP contribution in [0.2, 0.25) is 0 Å². The number of nitrogens with zero attached hydrogens (tertiary/aromatic N) is 2. The van der Waals surface area contributed by atoms with Crippen molar-refractivity contribution in [2.45, 2.75) is 46.1 Å². The number of unbranched alkanes of at least 4 members (excludes halogenated alkanes) is 1. The number of ether oxygens (including phenoxy) is 2. The first kappa shape index (κ1) is 24.6. The summed E-state index contributed by atoms with van der Waals surface area (Å²) in [5, 5.41) is 2.56. The maximum Gasteiger partial charge on any atom is 0.421 e. The Morgan fingerprint density at radius 2 is 1.74 bits per heavy atom. The van der Waals surface area contributed by atoms with E-state index in [9.17, 15) is 9.59 Å².